The van der Waals surface area contributed by atoms with Gasteiger partial charge in [0.15, 0.2) is 0 Å². The fourth-order valence-corrected chi connectivity index (χ4v) is 1.79. The van der Waals surface area contributed by atoms with Gasteiger partial charge in [0.05, 0.1) is 11.7 Å². The lowest BCUT2D eigenvalue weighted by molar-refractivity contribution is 0.0939. The molecule has 0 bridgehead atoms. The van der Waals surface area contributed by atoms with Crippen molar-refractivity contribution < 1.29 is 4.79 Å². The summed E-state index contributed by atoms with van der Waals surface area (Å²) in [6.07, 6.45) is 3.35. The van der Waals surface area contributed by atoms with Crippen molar-refractivity contribution in [3.63, 3.8) is 0 Å². The predicted octanol–water partition coefficient (Wildman–Crippen LogP) is 2.03. The van der Waals surface area contributed by atoms with E-state index in [9.17, 15) is 4.79 Å². The molecule has 0 aliphatic heterocycles. The zero-order valence-corrected chi connectivity index (χ0v) is 11.9. The van der Waals surface area contributed by atoms with Crippen LogP contribution in [0.2, 0.25) is 0 Å². The van der Waals surface area contributed by atoms with E-state index in [4.69, 9.17) is 0 Å². The first kappa shape index (κ1) is 14.0. The summed E-state index contributed by atoms with van der Waals surface area (Å²) < 4.78 is 0. The molecule has 2 heterocycles. The minimum atomic E-state index is -0.139. The molecule has 1 atom stereocenters. The molecule has 5 heteroatoms. The quantitative estimate of drug-likeness (QED) is 0.923. The third-order valence-electron chi connectivity index (χ3n) is 2.94. The van der Waals surface area contributed by atoms with E-state index in [-0.39, 0.29) is 11.9 Å². The Labute approximate surface area is 118 Å². The highest BCUT2D eigenvalue weighted by atomic mass is 16.1. The summed E-state index contributed by atoms with van der Waals surface area (Å²) >= 11 is 0. The molecular formula is C15H18N4O. The monoisotopic (exact) mass is 270 g/mol. The van der Waals surface area contributed by atoms with E-state index in [1.165, 1.54) is 0 Å². The second-order valence-corrected chi connectivity index (χ2v) is 4.75. The van der Waals surface area contributed by atoms with Crippen LogP contribution in [0, 0.1) is 0 Å². The Morgan fingerprint density at radius 1 is 1.20 bits per heavy atom. The van der Waals surface area contributed by atoms with E-state index in [1.807, 2.05) is 44.1 Å². The van der Waals surface area contributed by atoms with Gasteiger partial charge in [-0.3, -0.25) is 9.78 Å². The van der Waals surface area contributed by atoms with Gasteiger partial charge in [0, 0.05) is 32.1 Å². The second kappa shape index (κ2) is 6.14. The molecule has 2 aromatic rings. The molecule has 5 nitrogen and oxygen atoms in total. The average molecular weight is 270 g/mol. The van der Waals surface area contributed by atoms with Gasteiger partial charge >= 0.3 is 0 Å². The maximum absolute atomic E-state index is 12.2. The van der Waals surface area contributed by atoms with E-state index in [0.717, 1.165) is 11.5 Å². The van der Waals surface area contributed by atoms with Crippen LogP contribution in [-0.4, -0.2) is 30.0 Å². The normalized spacial score (nSPS) is 11.8. The maximum Gasteiger partial charge on any atom is 0.251 e. The Hall–Kier alpha value is -2.43. The minimum Gasteiger partial charge on any atom is -0.363 e. The molecule has 0 saturated carbocycles. The van der Waals surface area contributed by atoms with Crippen LogP contribution in [-0.2, 0) is 0 Å². The van der Waals surface area contributed by atoms with E-state index < -0.39 is 0 Å². The van der Waals surface area contributed by atoms with Gasteiger partial charge in [-0.2, -0.15) is 0 Å². The van der Waals surface area contributed by atoms with Gasteiger partial charge in [-0.25, -0.2) is 4.98 Å². The molecule has 2 rings (SSSR count). The molecule has 0 saturated heterocycles. The fraction of sp³-hybridized carbons (Fsp3) is 0.267. The largest absolute Gasteiger partial charge is 0.363 e. The first-order chi connectivity index (χ1) is 9.58. The smallest absolute Gasteiger partial charge is 0.251 e. The van der Waals surface area contributed by atoms with Crippen molar-refractivity contribution in [2.45, 2.75) is 13.0 Å². The van der Waals surface area contributed by atoms with Gasteiger partial charge in [-0.15, -0.1) is 0 Å². The summed E-state index contributed by atoms with van der Waals surface area (Å²) in [5.74, 6) is 0.622. The molecule has 0 aliphatic rings. The maximum atomic E-state index is 12.2. The van der Waals surface area contributed by atoms with Crippen LogP contribution in [0.4, 0.5) is 5.82 Å². The van der Waals surface area contributed by atoms with Crippen LogP contribution >= 0.6 is 0 Å². The van der Waals surface area contributed by atoms with Crippen molar-refractivity contribution in [1.82, 2.24) is 15.3 Å². The zero-order chi connectivity index (χ0) is 14.5. The Morgan fingerprint density at radius 3 is 2.65 bits per heavy atom. The lowest BCUT2D eigenvalue weighted by Crippen LogP contribution is -2.27. The molecule has 0 spiro atoms. The summed E-state index contributed by atoms with van der Waals surface area (Å²) in [6.45, 7) is 1.91. The highest BCUT2D eigenvalue weighted by molar-refractivity contribution is 5.95. The lowest BCUT2D eigenvalue weighted by Gasteiger charge is -2.15. The molecule has 0 aliphatic carbocycles. The van der Waals surface area contributed by atoms with Crippen molar-refractivity contribution in [3.8, 4) is 0 Å². The number of anilines is 1. The fourth-order valence-electron chi connectivity index (χ4n) is 1.79. The Kier molecular flexibility index (Phi) is 4.30. The van der Waals surface area contributed by atoms with Crippen LogP contribution in [0.15, 0.2) is 42.7 Å². The molecule has 1 N–H and O–H groups in total. The summed E-state index contributed by atoms with van der Waals surface area (Å²) in [5, 5.41) is 2.93. The first-order valence-electron chi connectivity index (χ1n) is 6.43. The Balaban J connectivity index is 2.10. The summed E-state index contributed by atoms with van der Waals surface area (Å²) in [6, 6.07) is 8.97. The number of carbonyl (C=O) groups excluding carboxylic acids is 1. The molecule has 0 aromatic carbocycles. The van der Waals surface area contributed by atoms with Gasteiger partial charge in [-0.05, 0) is 31.2 Å². The van der Waals surface area contributed by atoms with Crippen LogP contribution in [0.25, 0.3) is 0 Å². The van der Waals surface area contributed by atoms with Crippen molar-refractivity contribution in [1.29, 1.82) is 0 Å². The molecule has 0 fully saturated rings. The number of nitrogens with one attached hydrogen (secondary N) is 1. The second-order valence-electron chi connectivity index (χ2n) is 4.75. The molecule has 104 valence electrons. The summed E-state index contributed by atoms with van der Waals surface area (Å²) in [7, 11) is 3.78. The number of carbonyl (C=O) groups is 1. The Morgan fingerprint density at radius 2 is 2.00 bits per heavy atom. The van der Waals surface area contributed by atoms with Crippen LogP contribution in [0.3, 0.4) is 0 Å². The van der Waals surface area contributed by atoms with Crippen molar-refractivity contribution >= 4 is 11.7 Å². The number of pyridine rings is 2. The predicted molar refractivity (Wildman–Crippen MR) is 78.7 cm³/mol. The standard InChI is InChI=1S/C15H18N4O/c1-11(13-6-4-5-8-16-13)18-15(20)12-7-9-17-14(10-12)19(2)3/h4-11H,1-3H3,(H,18,20)/t11-/m0/s1. The van der Waals surface area contributed by atoms with Gasteiger partial charge in [0.2, 0.25) is 0 Å². The highest BCUT2D eigenvalue weighted by Crippen LogP contribution is 2.12. The minimum absolute atomic E-state index is 0.131. The van der Waals surface area contributed by atoms with Crippen LogP contribution in [0.1, 0.15) is 29.0 Å². The summed E-state index contributed by atoms with van der Waals surface area (Å²) in [5.41, 5.74) is 1.43. The number of aromatic nitrogens is 2. The molecule has 0 unspecified atom stereocenters. The van der Waals surface area contributed by atoms with E-state index in [0.29, 0.717) is 5.56 Å². The zero-order valence-electron chi connectivity index (χ0n) is 11.9. The molecule has 2 aromatic heterocycles. The van der Waals surface area contributed by atoms with Gasteiger partial charge in [-0.1, -0.05) is 6.07 Å². The number of amides is 1. The summed E-state index contributed by atoms with van der Waals surface area (Å²) in [4.78, 5) is 22.5. The van der Waals surface area contributed by atoms with Gasteiger partial charge in [0.1, 0.15) is 5.82 Å². The van der Waals surface area contributed by atoms with Crippen LogP contribution in [0.5, 0.6) is 0 Å². The van der Waals surface area contributed by atoms with Crippen molar-refractivity contribution in [2.75, 3.05) is 19.0 Å². The van der Waals surface area contributed by atoms with E-state index in [1.54, 1.807) is 24.5 Å². The third-order valence-corrected chi connectivity index (χ3v) is 2.94. The first-order valence-corrected chi connectivity index (χ1v) is 6.43. The molecule has 1 amide bonds. The van der Waals surface area contributed by atoms with Crippen LogP contribution < -0.4 is 10.2 Å². The van der Waals surface area contributed by atoms with E-state index in [2.05, 4.69) is 15.3 Å². The number of rotatable bonds is 4. The Bertz CT molecular complexity index is 583. The lowest BCUT2D eigenvalue weighted by atomic mass is 10.2. The van der Waals surface area contributed by atoms with E-state index >= 15 is 0 Å². The average Bonchev–Trinajstić information content (AvgIpc) is 2.48. The van der Waals surface area contributed by atoms with Gasteiger partial charge in [0.25, 0.3) is 5.91 Å². The topological polar surface area (TPSA) is 58.1 Å². The molecule has 0 radical (unpaired) electrons. The highest BCUT2D eigenvalue weighted by Gasteiger charge is 2.13. The number of nitrogens with zero attached hydrogens (tertiary/aromatic N) is 3. The molecular weight excluding hydrogens is 252 g/mol. The van der Waals surface area contributed by atoms with Crippen molar-refractivity contribution in [2.24, 2.45) is 0 Å². The number of hydrogen-bond acceptors (Lipinski definition) is 4. The van der Waals surface area contributed by atoms with Crippen molar-refractivity contribution in [3.05, 3.63) is 54.0 Å². The van der Waals surface area contributed by atoms with Gasteiger partial charge < -0.3 is 10.2 Å². The SMILES string of the molecule is C[C@H](NC(=O)c1ccnc(N(C)C)c1)c1ccccn1. The number of hydrogen-bond donors (Lipinski definition) is 1. The molecule has 20 heavy (non-hydrogen) atoms. The third kappa shape index (κ3) is 3.32.